The fraction of sp³-hybridized carbons (Fsp3) is 0.294. The van der Waals surface area contributed by atoms with Gasteiger partial charge >= 0.3 is 5.97 Å². The average molecular weight is 342 g/mol. The number of hydrogen-bond donors (Lipinski definition) is 2. The van der Waals surface area contributed by atoms with Crippen molar-refractivity contribution in [2.45, 2.75) is 18.9 Å². The fourth-order valence-electron chi connectivity index (χ4n) is 2.82. The maximum Gasteiger partial charge on any atom is 0.335 e. The van der Waals surface area contributed by atoms with E-state index in [1.807, 2.05) is 0 Å². The summed E-state index contributed by atoms with van der Waals surface area (Å²) >= 11 is 0. The molecular formula is C17H18N4O4. The number of piperidine rings is 1. The lowest BCUT2D eigenvalue weighted by Crippen LogP contribution is -2.52. The highest BCUT2D eigenvalue weighted by molar-refractivity contribution is 6.03. The van der Waals surface area contributed by atoms with Crippen LogP contribution in [0.25, 0.3) is 0 Å². The van der Waals surface area contributed by atoms with Crippen LogP contribution in [0.1, 0.15) is 33.6 Å². The number of aromatic carboxylic acids is 1. The molecule has 2 aromatic rings. The van der Waals surface area contributed by atoms with E-state index in [2.05, 4.69) is 10.4 Å². The topological polar surface area (TPSA) is 105 Å². The van der Waals surface area contributed by atoms with Crippen molar-refractivity contribution < 1.29 is 19.5 Å². The van der Waals surface area contributed by atoms with Crippen molar-refractivity contribution in [3.8, 4) is 0 Å². The second-order valence-electron chi connectivity index (χ2n) is 5.89. The highest BCUT2D eigenvalue weighted by atomic mass is 16.4. The second kappa shape index (κ2) is 6.76. The molecule has 0 spiro atoms. The first-order valence-electron chi connectivity index (χ1n) is 7.91. The van der Waals surface area contributed by atoms with Gasteiger partial charge in [-0.25, -0.2) is 4.79 Å². The SMILES string of the molecule is Cn1ccc(N2CCCC(NC(=O)c3cccc(C(=O)O)c3)C2=O)n1. The van der Waals surface area contributed by atoms with E-state index in [4.69, 9.17) is 5.11 Å². The van der Waals surface area contributed by atoms with Crippen molar-refractivity contribution >= 4 is 23.6 Å². The number of aryl methyl sites for hydroxylation is 1. The van der Waals surface area contributed by atoms with E-state index < -0.39 is 17.9 Å². The molecule has 0 aliphatic carbocycles. The maximum absolute atomic E-state index is 12.6. The number of hydrogen-bond acceptors (Lipinski definition) is 4. The Bertz CT molecular complexity index is 830. The molecule has 1 aliphatic heterocycles. The monoisotopic (exact) mass is 342 g/mol. The zero-order valence-electron chi connectivity index (χ0n) is 13.7. The third-order valence-corrected chi connectivity index (χ3v) is 4.09. The van der Waals surface area contributed by atoms with Gasteiger partial charge in [0, 0.05) is 31.4 Å². The number of nitrogens with one attached hydrogen (secondary N) is 1. The van der Waals surface area contributed by atoms with E-state index in [1.54, 1.807) is 28.9 Å². The van der Waals surface area contributed by atoms with E-state index in [0.29, 0.717) is 18.8 Å². The molecule has 130 valence electrons. The van der Waals surface area contributed by atoms with Gasteiger partial charge in [-0.3, -0.25) is 19.2 Å². The Hall–Kier alpha value is -3.16. The normalized spacial score (nSPS) is 17.4. The number of carboxylic acid groups (broad SMARTS) is 1. The Morgan fingerprint density at radius 3 is 2.72 bits per heavy atom. The summed E-state index contributed by atoms with van der Waals surface area (Å²) in [6.45, 7) is 0.552. The van der Waals surface area contributed by atoms with Crippen molar-refractivity contribution in [1.82, 2.24) is 15.1 Å². The van der Waals surface area contributed by atoms with Gasteiger partial charge in [-0.05, 0) is 31.0 Å². The molecule has 1 aliphatic rings. The van der Waals surface area contributed by atoms with Gasteiger partial charge in [0.2, 0.25) is 0 Å². The summed E-state index contributed by atoms with van der Waals surface area (Å²) in [6.07, 6.45) is 3.02. The zero-order valence-corrected chi connectivity index (χ0v) is 13.7. The lowest BCUT2D eigenvalue weighted by molar-refractivity contribution is -0.121. The van der Waals surface area contributed by atoms with Crippen molar-refractivity contribution in [1.29, 1.82) is 0 Å². The van der Waals surface area contributed by atoms with Crippen LogP contribution < -0.4 is 10.2 Å². The standard InChI is InChI=1S/C17H18N4O4/c1-20-9-7-14(19-20)21-8-3-6-13(16(21)23)18-15(22)11-4-2-5-12(10-11)17(24)25/h2,4-5,7,9-10,13H,3,6,8H2,1H3,(H,18,22)(H,24,25). The molecule has 8 nitrogen and oxygen atoms in total. The van der Waals surface area contributed by atoms with E-state index in [-0.39, 0.29) is 17.0 Å². The largest absolute Gasteiger partial charge is 0.478 e. The highest BCUT2D eigenvalue weighted by Crippen LogP contribution is 2.19. The first kappa shape index (κ1) is 16.7. The smallest absolute Gasteiger partial charge is 0.335 e. The molecule has 0 bridgehead atoms. The summed E-state index contributed by atoms with van der Waals surface area (Å²) < 4.78 is 1.61. The minimum absolute atomic E-state index is 0.0257. The lowest BCUT2D eigenvalue weighted by Gasteiger charge is -2.31. The molecule has 1 atom stereocenters. The summed E-state index contributed by atoms with van der Waals surface area (Å²) in [6, 6.07) is 6.82. The Labute approximate surface area is 144 Å². The summed E-state index contributed by atoms with van der Waals surface area (Å²) in [5.74, 6) is -1.24. The third-order valence-electron chi connectivity index (χ3n) is 4.09. The molecule has 1 fully saturated rings. The Morgan fingerprint density at radius 2 is 2.04 bits per heavy atom. The molecule has 2 N–H and O–H groups in total. The Morgan fingerprint density at radius 1 is 1.28 bits per heavy atom. The number of anilines is 1. The third kappa shape index (κ3) is 3.52. The molecule has 25 heavy (non-hydrogen) atoms. The van der Waals surface area contributed by atoms with Crippen LogP contribution in [0.4, 0.5) is 5.82 Å². The molecule has 0 radical (unpaired) electrons. The number of rotatable bonds is 4. The predicted octanol–water partition coefficient (Wildman–Crippen LogP) is 1.04. The number of nitrogens with zero attached hydrogens (tertiary/aromatic N) is 3. The van der Waals surface area contributed by atoms with Crippen LogP contribution in [-0.4, -0.2) is 45.3 Å². The molecule has 2 heterocycles. The fourth-order valence-corrected chi connectivity index (χ4v) is 2.82. The molecular weight excluding hydrogens is 324 g/mol. The van der Waals surface area contributed by atoms with Gasteiger partial charge in [0.25, 0.3) is 11.8 Å². The second-order valence-corrected chi connectivity index (χ2v) is 5.89. The Balaban J connectivity index is 1.73. The maximum atomic E-state index is 12.6. The molecule has 1 unspecified atom stereocenters. The van der Waals surface area contributed by atoms with Crippen LogP contribution in [-0.2, 0) is 11.8 Å². The number of carbonyl (C=O) groups is 3. The molecule has 0 saturated carbocycles. The molecule has 3 rings (SSSR count). The molecule has 1 aromatic heterocycles. The van der Waals surface area contributed by atoms with E-state index in [9.17, 15) is 14.4 Å². The summed E-state index contributed by atoms with van der Waals surface area (Å²) in [7, 11) is 1.77. The van der Waals surface area contributed by atoms with Gasteiger partial charge in [0.1, 0.15) is 6.04 Å². The van der Waals surface area contributed by atoms with Gasteiger partial charge < -0.3 is 10.4 Å². The minimum Gasteiger partial charge on any atom is -0.478 e. The van der Waals surface area contributed by atoms with E-state index in [1.165, 1.54) is 24.3 Å². The average Bonchev–Trinajstić information content (AvgIpc) is 3.03. The first-order chi connectivity index (χ1) is 12.0. The number of carboxylic acids is 1. The minimum atomic E-state index is -1.11. The summed E-state index contributed by atoms with van der Waals surface area (Å²) in [5, 5.41) is 15.9. The van der Waals surface area contributed by atoms with Gasteiger partial charge in [-0.1, -0.05) is 6.07 Å². The van der Waals surface area contributed by atoms with Crippen LogP contribution in [0.15, 0.2) is 36.5 Å². The number of aromatic nitrogens is 2. The molecule has 2 amide bonds. The lowest BCUT2D eigenvalue weighted by atomic mass is 10.0. The van der Waals surface area contributed by atoms with Gasteiger partial charge in [0.05, 0.1) is 5.56 Å². The van der Waals surface area contributed by atoms with E-state index in [0.717, 1.165) is 6.42 Å². The Kier molecular flexibility index (Phi) is 4.51. The number of amides is 2. The van der Waals surface area contributed by atoms with E-state index >= 15 is 0 Å². The van der Waals surface area contributed by atoms with Crippen molar-refractivity contribution in [2.24, 2.45) is 7.05 Å². The summed E-state index contributed by atoms with van der Waals surface area (Å²) in [4.78, 5) is 37.6. The number of carbonyl (C=O) groups excluding carboxylic acids is 2. The van der Waals surface area contributed by atoms with Crippen LogP contribution in [0, 0.1) is 0 Å². The molecule has 1 aromatic carbocycles. The first-order valence-corrected chi connectivity index (χ1v) is 7.91. The van der Waals surface area contributed by atoms with Crippen molar-refractivity contribution in [3.63, 3.8) is 0 Å². The van der Waals surface area contributed by atoms with Crippen molar-refractivity contribution in [3.05, 3.63) is 47.7 Å². The van der Waals surface area contributed by atoms with Crippen molar-refractivity contribution in [2.75, 3.05) is 11.4 Å². The van der Waals surface area contributed by atoms with Crippen LogP contribution >= 0.6 is 0 Å². The summed E-state index contributed by atoms with van der Waals surface area (Å²) in [5.41, 5.74) is 0.236. The van der Waals surface area contributed by atoms with Crippen LogP contribution in [0.5, 0.6) is 0 Å². The quantitative estimate of drug-likeness (QED) is 0.864. The highest BCUT2D eigenvalue weighted by Gasteiger charge is 2.32. The zero-order chi connectivity index (χ0) is 18.0. The van der Waals surface area contributed by atoms with Gasteiger partial charge in [-0.15, -0.1) is 0 Å². The van der Waals surface area contributed by atoms with Crippen LogP contribution in [0.3, 0.4) is 0 Å². The molecule has 1 saturated heterocycles. The molecule has 8 heteroatoms. The van der Waals surface area contributed by atoms with Gasteiger partial charge in [-0.2, -0.15) is 5.10 Å². The number of benzene rings is 1. The van der Waals surface area contributed by atoms with Gasteiger partial charge in [0.15, 0.2) is 5.82 Å². The van der Waals surface area contributed by atoms with Crippen LogP contribution in [0.2, 0.25) is 0 Å². The predicted molar refractivity (Wildman–Crippen MR) is 89.5 cm³/mol.